The molecule has 0 saturated carbocycles. The van der Waals surface area contributed by atoms with Gasteiger partial charge in [0.1, 0.15) is 30.3 Å². The highest BCUT2D eigenvalue weighted by atomic mass is 31.3. The lowest BCUT2D eigenvalue weighted by Crippen LogP contribution is -2.42. The van der Waals surface area contributed by atoms with Gasteiger partial charge in [-0.2, -0.15) is 23.2 Å². The van der Waals surface area contributed by atoms with Crippen molar-refractivity contribution in [1.29, 1.82) is 0 Å². The fourth-order valence-electron chi connectivity index (χ4n) is 3.87. The molecule has 0 aliphatic carbocycles. The van der Waals surface area contributed by atoms with Crippen molar-refractivity contribution in [3.63, 3.8) is 0 Å². The Hall–Kier alpha value is -3.53. The Balaban J connectivity index is 1.45. The highest BCUT2D eigenvalue weighted by molar-refractivity contribution is 7.63. The summed E-state index contributed by atoms with van der Waals surface area (Å²) >= 11 is 0. The average molecular weight is 660 g/mol. The molecular formula is C25H28F2N4O11P2. The molecule has 5 N–H and O–H groups in total. The van der Waals surface area contributed by atoms with Gasteiger partial charge in [-0.15, -0.1) is 0 Å². The number of phosphoric ester groups is 1. The van der Waals surface area contributed by atoms with E-state index in [1.165, 1.54) is 31.2 Å². The van der Waals surface area contributed by atoms with E-state index in [1.807, 2.05) is 0 Å². The maximum Gasteiger partial charge on any atom is 0.481 e. The Morgan fingerprint density at radius 3 is 2.43 bits per heavy atom. The van der Waals surface area contributed by atoms with Crippen molar-refractivity contribution in [1.82, 2.24) is 14.6 Å². The third-order valence-corrected chi connectivity index (χ3v) is 9.31. The maximum atomic E-state index is 14.8. The molecule has 1 aromatic heterocycles. The van der Waals surface area contributed by atoms with Crippen LogP contribution in [0.4, 0.5) is 14.6 Å². The molecule has 4 rings (SSSR count). The number of nitrogens with one attached hydrogen (secondary N) is 1. The highest BCUT2D eigenvalue weighted by Gasteiger charge is 2.60. The number of carbonyl (C=O) groups excluding carboxylic acids is 1. The summed E-state index contributed by atoms with van der Waals surface area (Å²) in [7, 11) is -10.4. The molecule has 0 radical (unpaired) electrons. The number of nitrogens with two attached hydrogens (primary N) is 1. The van der Waals surface area contributed by atoms with Crippen LogP contribution in [0.5, 0.6) is 5.75 Å². The van der Waals surface area contributed by atoms with Gasteiger partial charge < -0.3 is 29.7 Å². The second-order valence-electron chi connectivity index (χ2n) is 9.38. The van der Waals surface area contributed by atoms with E-state index < -0.39 is 64.2 Å². The number of halogens is 2. The number of phosphoric acid groups is 1. The molecule has 4 unspecified atom stereocenters. The molecule has 6 atom stereocenters. The Morgan fingerprint density at radius 1 is 1.16 bits per heavy atom. The second-order valence-corrected chi connectivity index (χ2v) is 12.7. The fourth-order valence-corrected chi connectivity index (χ4v) is 6.83. The van der Waals surface area contributed by atoms with Crippen LogP contribution >= 0.6 is 15.6 Å². The Labute approximate surface area is 248 Å². The summed E-state index contributed by atoms with van der Waals surface area (Å²) in [5.41, 5.74) is 4.82. The summed E-state index contributed by atoms with van der Waals surface area (Å²) < 4.78 is 81.5. The number of alkyl halides is 2. The van der Waals surface area contributed by atoms with Crippen molar-refractivity contribution in [3.8, 4) is 5.75 Å². The third-order valence-electron chi connectivity index (χ3n) is 5.99. The molecule has 0 spiro atoms. The van der Waals surface area contributed by atoms with E-state index in [4.69, 9.17) is 28.6 Å². The number of ether oxygens (including phenoxy) is 2. The monoisotopic (exact) mass is 660 g/mol. The lowest BCUT2D eigenvalue weighted by Gasteiger charge is -2.24. The Morgan fingerprint density at radius 2 is 1.80 bits per heavy atom. The molecule has 0 bridgehead atoms. The largest absolute Gasteiger partial charge is 0.481 e. The SMILES string of the molecule is C[C@H](NP(=O)(Oc1ccccc1)OP(=O)(O)OCC1O[C@@H](n2ccc(N)nc2=O)C(F)(F)C1O)C(=O)OCc1ccccc1. The van der Waals surface area contributed by atoms with Crippen LogP contribution in [-0.4, -0.2) is 56.3 Å². The number of nitrogens with zero attached hydrogens (tertiary/aromatic N) is 2. The normalized spacial score (nSPS) is 22.8. The lowest BCUT2D eigenvalue weighted by molar-refractivity contribution is -0.146. The molecule has 19 heteroatoms. The number of rotatable bonds is 13. The van der Waals surface area contributed by atoms with Crippen molar-refractivity contribution in [2.24, 2.45) is 0 Å². The van der Waals surface area contributed by atoms with Crippen LogP contribution in [0.15, 0.2) is 77.7 Å². The van der Waals surface area contributed by atoms with E-state index in [-0.39, 0.29) is 18.2 Å². The van der Waals surface area contributed by atoms with Crippen LogP contribution in [0.25, 0.3) is 0 Å². The average Bonchev–Trinajstić information content (AvgIpc) is 3.18. The number of para-hydroxylation sites is 1. The number of benzene rings is 2. The zero-order valence-corrected chi connectivity index (χ0v) is 24.6. The van der Waals surface area contributed by atoms with Crippen molar-refractivity contribution in [3.05, 3.63) is 89.0 Å². The first-order chi connectivity index (χ1) is 20.7. The summed E-state index contributed by atoms with van der Waals surface area (Å²) in [6, 6.07) is 15.5. The zero-order valence-electron chi connectivity index (χ0n) is 22.8. The number of hydrogen-bond donors (Lipinski definition) is 4. The van der Waals surface area contributed by atoms with Gasteiger partial charge in [-0.3, -0.25) is 13.9 Å². The smallest absolute Gasteiger partial charge is 0.460 e. The first-order valence-electron chi connectivity index (χ1n) is 12.8. The van der Waals surface area contributed by atoms with E-state index in [0.717, 1.165) is 12.3 Å². The number of aromatic nitrogens is 2. The number of hydrogen-bond acceptors (Lipinski definition) is 12. The first-order valence-corrected chi connectivity index (χ1v) is 15.8. The third kappa shape index (κ3) is 8.34. The maximum absolute atomic E-state index is 14.8. The van der Waals surface area contributed by atoms with Gasteiger partial charge in [0.05, 0.1) is 6.61 Å². The topological polar surface area (TPSA) is 211 Å². The van der Waals surface area contributed by atoms with E-state index >= 15 is 0 Å². The molecule has 0 amide bonds. The van der Waals surface area contributed by atoms with E-state index in [0.29, 0.717) is 10.1 Å². The summed E-state index contributed by atoms with van der Waals surface area (Å²) in [5, 5.41) is 12.4. The fraction of sp³-hybridized carbons (Fsp3) is 0.320. The van der Waals surface area contributed by atoms with Crippen LogP contribution in [0, 0.1) is 0 Å². The number of aliphatic hydroxyl groups excluding tert-OH is 1. The zero-order chi connectivity index (χ0) is 32.1. The Kier molecular flexibility index (Phi) is 10.3. The Bertz CT molecular complexity index is 1600. The number of esters is 1. The molecule has 2 heterocycles. The summed E-state index contributed by atoms with van der Waals surface area (Å²) in [6.45, 7) is -0.107. The second kappa shape index (κ2) is 13.6. The van der Waals surface area contributed by atoms with Gasteiger partial charge in [0.15, 0.2) is 6.10 Å². The van der Waals surface area contributed by atoms with Crippen molar-refractivity contribution in [2.45, 2.75) is 43.9 Å². The predicted octanol–water partition coefficient (Wildman–Crippen LogP) is 2.76. The van der Waals surface area contributed by atoms with E-state index in [2.05, 4.69) is 10.1 Å². The number of anilines is 1. The van der Waals surface area contributed by atoms with Crippen LogP contribution in [0.2, 0.25) is 0 Å². The number of nitrogen functional groups attached to an aromatic ring is 1. The molecule has 3 aromatic rings. The molecule has 15 nitrogen and oxygen atoms in total. The molecule has 1 aliphatic heterocycles. The van der Waals surface area contributed by atoms with Gasteiger partial charge >= 0.3 is 33.2 Å². The lowest BCUT2D eigenvalue weighted by atomic mass is 10.1. The van der Waals surface area contributed by atoms with Crippen molar-refractivity contribution < 1.29 is 55.5 Å². The summed E-state index contributed by atoms with van der Waals surface area (Å²) in [6.07, 6.45) is -6.10. The molecule has 1 aliphatic rings. The van der Waals surface area contributed by atoms with Crippen LogP contribution in [0.3, 0.4) is 0 Å². The van der Waals surface area contributed by atoms with Gasteiger partial charge in [-0.1, -0.05) is 48.5 Å². The molecular weight excluding hydrogens is 632 g/mol. The first kappa shape index (κ1) is 33.4. The van der Waals surface area contributed by atoms with Gasteiger partial charge in [-0.05, 0) is 30.7 Å². The van der Waals surface area contributed by atoms with Crippen LogP contribution in [-0.2, 0) is 38.8 Å². The van der Waals surface area contributed by atoms with Crippen LogP contribution < -0.4 is 21.0 Å². The highest BCUT2D eigenvalue weighted by Crippen LogP contribution is 2.61. The molecule has 238 valence electrons. The van der Waals surface area contributed by atoms with Gasteiger partial charge in [0.2, 0.25) is 6.23 Å². The minimum Gasteiger partial charge on any atom is -0.460 e. The summed E-state index contributed by atoms with van der Waals surface area (Å²) in [4.78, 5) is 38.3. The standard InChI is InChI=1S/C25H28F2N4O11P2/c1-16(22(33)38-14-17-8-4-2-5-9-17)30-43(35,41-18-10-6-3-7-11-18)42-44(36,37)39-15-19-21(32)25(26,27)23(40-19)31-13-12-20(28)29-24(31)34/h2-13,16,19,21,23,32H,14-15H2,1H3,(H,30,35)(H,36,37)(H2,28,29,34)/t16-,19?,21?,23+,43?/m0/s1. The molecule has 2 aromatic carbocycles. The molecule has 1 saturated heterocycles. The van der Waals surface area contributed by atoms with Gasteiger partial charge in [-0.25, -0.2) is 13.9 Å². The quantitative estimate of drug-likeness (QED) is 0.153. The number of aliphatic hydroxyl groups is 1. The summed E-state index contributed by atoms with van der Waals surface area (Å²) in [5.74, 6) is -5.36. The van der Waals surface area contributed by atoms with E-state index in [9.17, 15) is 37.5 Å². The van der Waals surface area contributed by atoms with Gasteiger partial charge in [0, 0.05) is 6.20 Å². The van der Waals surface area contributed by atoms with Crippen molar-refractivity contribution >= 4 is 27.4 Å². The van der Waals surface area contributed by atoms with Gasteiger partial charge in [0.25, 0.3) is 0 Å². The molecule has 44 heavy (non-hydrogen) atoms. The minimum absolute atomic E-state index is 0.104. The predicted molar refractivity (Wildman–Crippen MR) is 148 cm³/mol. The van der Waals surface area contributed by atoms with Crippen LogP contribution in [0.1, 0.15) is 18.7 Å². The molecule has 1 fully saturated rings. The van der Waals surface area contributed by atoms with E-state index in [1.54, 1.807) is 36.4 Å². The number of carbonyl (C=O) groups is 1. The van der Waals surface area contributed by atoms with Crippen molar-refractivity contribution in [2.75, 3.05) is 12.3 Å². The minimum atomic E-state index is -5.47.